The summed E-state index contributed by atoms with van der Waals surface area (Å²) in [5.41, 5.74) is 3.18. The molecular weight excluding hydrogens is 426 g/mol. The monoisotopic (exact) mass is 453 g/mol. The Morgan fingerprint density at radius 3 is 2.40 bits per heavy atom. The predicted molar refractivity (Wildman–Crippen MR) is 121 cm³/mol. The minimum Gasteiger partial charge on any atom is -0.382 e. The second-order valence-electron chi connectivity index (χ2n) is 6.80. The van der Waals surface area contributed by atoms with Gasteiger partial charge >= 0.3 is 10.1 Å². The second kappa shape index (κ2) is 10.1. The lowest BCUT2D eigenvalue weighted by Gasteiger charge is -2.23. The molecule has 164 valence electrons. The molecule has 2 aromatic carbocycles. The molecule has 0 radical (unpaired) electrons. The molecule has 8 nitrogen and oxygen atoms in total. The standard InChI is InChI=1S/C20H27N3O5S2/c1-5-23(13-12-22-29(3,24)25)18-10-11-19(16(2)14-18)21-15-17-8-6-7-9-20(17)28-30(4,26)27/h6-11,14-15,22H,5,12-13H2,1-4H3. The van der Waals surface area contributed by atoms with Crippen molar-refractivity contribution in [3.8, 4) is 5.75 Å². The van der Waals surface area contributed by atoms with Crippen molar-refractivity contribution in [2.75, 3.05) is 37.0 Å². The molecule has 0 aliphatic rings. The highest BCUT2D eigenvalue weighted by Gasteiger charge is 2.10. The van der Waals surface area contributed by atoms with E-state index in [2.05, 4.69) is 14.6 Å². The molecule has 0 fully saturated rings. The fourth-order valence-corrected chi connectivity index (χ4v) is 3.72. The maximum atomic E-state index is 11.4. The van der Waals surface area contributed by atoms with E-state index in [0.29, 0.717) is 18.7 Å². The first-order chi connectivity index (χ1) is 14.0. The molecule has 2 rings (SSSR count). The van der Waals surface area contributed by atoms with Crippen LogP contribution in [0.15, 0.2) is 47.5 Å². The zero-order valence-corrected chi connectivity index (χ0v) is 19.1. The molecule has 30 heavy (non-hydrogen) atoms. The number of aryl methyl sites for hydroxylation is 1. The smallest absolute Gasteiger partial charge is 0.306 e. The number of nitrogens with zero attached hydrogens (tertiary/aromatic N) is 2. The van der Waals surface area contributed by atoms with E-state index < -0.39 is 20.1 Å². The number of sulfonamides is 1. The number of rotatable bonds is 10. The topological polar surface area (TPSA) is 105 Å². The molecule has 10 heteroatoms. The molecule has 0 unspecified atom stereocenters. The molecule has 0 atom stereocenters. The molecule has 0 bridgehead atoms. The number of likely N-dealkylation sites (N-methyl/N-ethyl adjacent to an activating group) is 1. The highest BCUT2D eigenvalue weighted by Crippen LogP contribution is 2.26. The molecule has 0 aliphatic heterocycles. The summed E-state index contributed by atoms with van der Waals surface area (Å²) in [4.78, 5) is 6.54. The summed E-state index contributed by atoms with van der Waals surface area (Å²) in [6.45, 7) is 5.52. The van der Waals surface area contributed by atoms with Crippen molar-refractivity contribution >= 4 is 37.7 Å². The van der Waals surface area contributed by atoms with E-state index in [1.165, 1.54) is 0 Å². The zero-order valence-electron chi connectivity index (χ0n) is 17.5. The van der Waals surface area contributed by atoms with Gasteiger partial charge in [-0.05, 0) is 49.7 Å². The minimum absolute atomic E-state index is 0.216. The van der Waals surface area contributed by atoms with Crippen LogP contribution in [0.5, 0.6) is 5.75 Å². The molecular formula is C20H27N3O5S2. The van der Waals surface area contributed by atoms with Crippen molar-refractivity contribution in [2.45, 2.75) is 13.8 Å². The summed E-state index contributed by atoms with van der Waals surface area (Å²) in [5, 5.41) is 0. The van der Waals surface area contributed by atoms with Gasteiger partial charge in [0.05, 0.1) is 18.2 Å². The lowest BCUT2D eigenvalue weighted by Crippen LogP contribution is -2.34. The lowest BCUT2D eigenvalue weighted by molar-refractivity contribution is 0.492. The largest absolute Gasteiger partial charge is 0.382 e. The Balaban J connectivity index is 2.18. The van der Waals surface area contributed by atoms with Crippen molar-refractivity contribution in [3.05, 3.63) is 53.6 Å². The van der Waals surface area contributed by atoms with E-state index in [1.807, 2.05) is 32.0 Å². The zero-order chi connectivity index (χ0) is 22.4. The van der Waals surface area contributed by atoms with Crippen molar-refractivity contribution < 1.29 is 21.0 Å². The SMILES string of the molecule is CCN(CCNS(C)(=O)=O)c1ccc(N=Cc2ccccc2OS(C)(=O)=O)c(C)c1. The molecule has 0 aliphatic carbocycles. The lowest BCUT2D eigenvalue weighted by atomic mass is 10.1. The fraction of sp³-hybridized carbons (Fsp3) is 0.350. The summed E-state index contributed by atoms with van der Waals surface area (Å²) in [5.74, 6) is 0.216. The Bertz CT molecular complexity index is 1110. The van der Waals surface area contributed by atoms with Crippen molar-refractivity contribution in [1.29, 1.82) is 0 Å². The Labute approximate surface area is 178 Å². The number of hydrogen-bond acceptors (Lipinski definition) is 7. The van der Waals surface area contributed by atoms with Crippen LogP contribution >= 0.6 is 0 Å². The minimum atomic E-state index is -3.64. The first kappa shape index (κ1) is 23.8. The first-order valence-corrected chi connectivity index (χ1v) is 13.0. The molecule has 0 saturated heterocycles. The molecule has 0 spiro atoms. The van der Waals surface area contributed by atoms with Crippen LogP contribution in [0.25, 0.3) is 0 Å². The fourth-order valence-electron chi connectivity index (χ4n) is 2.78. The third-order valence-electron chi connectivity index (χ3n) is 4.18. The first-order valence-electron chi connectivity index (χ1n) is 9.31. The van der Waals surface area contributed by atoms with E-state index in [1.54, 1.807) is 30.5 Å². The average molecular weight is 454 g/mol. The van der Waals surface area contributed by atoms with Crippen LogP contribution in [0.1, 0.15) is 18.1 Å². The molecule has 0 heterocycles. The maximum Gasteiger partial charge on any atom is 0.306 e. The summed E-state index contributed by atoms with van der Waals surface area (Å²) in [7, 11) is -6.85. The van der Waals surface area contributed by atoms with Crippen LogP contribution in [0.3, 0.4) is 0 Å². The Hall–Kier alpha value is -2.43. The van der Waals surface area contributed by atoms with Gasteiger partial charge in [0.25, 0.3) is 0 Å². The van der Waals surface area contributed by atoms with Gasteiger partial charge in [0, 0.05) is 37.1 Å². The number of benzene rings is 2. The molecule has 1 N–H and O–H groups in total. The van der Waals surface area contributed by atoms with Crippen molar-refractivity contribution in [2.24, 2.45) is 4.99 Å². The van der Waals surface area contributed by atoms with Gasteiger partial charge in [-0.15, -0.1) is 0 Å². The number of aliphatic imine (C=N–C) groups is 1. The van der Waals surface area contributed by atoms with Gasteiger partial charge < -0.3 is 9.08 Å². The van der Waals surface area contributed by atoms with Gasteiger partial charge in [0.2, 0.25) is 10.0 Å². The predicted octanol–water partition coefficient (Wildman–Crippen LogP) is 2.46. The summed E-state index contributed by atoms with van der Waals surface area (Å²) >= 11 is 0. The Morgan fingerprint density at radius 2 is 1.80 bits per heavy atom. The number of hydrogen-bond donors (Lipinski definition) is 1. The number of para-hydroxylation sites is 1. The van der Waals surface area contributed by atoms with E-state index in [4.69, 9.17) is 4.18 Å². The Morgan fingerprint density at radius 1 is 1.10 bits per heavy atom. The van der Waals surface area contributed by atoms with Crippen molar-refractivity contribution in [3.63, 3.8) is 0 Å². The molecule has 2 aromatic rings. The third-order valence-corrected chi connectivity index (χ3v) is 5.39. The van der Waals surface area contributed by atoms with E-state index in [-0.39, 0.29) is 5.75 Å². The van der Waals surface area contributed by atoms with Crippen LogP contribution < -0.4 is 13.8 Å². The van der Waals surface area contributed by atoms with E-state index >= 15 is 0 Å². The van der Waals surface area contributed by atoms with Gasteiger partial charge in [0.15, 0.2) is 5.75 Å². The quantitative estimate of drug-likeness (QED) is 0.438. The summed E-state index contributed by atoms with van der Waals surface area (Å²) in [6.07, 6.45) is 3.70. The summed E-state index contributed by atoms with van der Waals surface area (Å²) in [6, 6.07) is 12.5. The van der Waals surface area contributed by atoms with Crippen LogP contribution in [0.4, 0.5) is 11.4 Å². The highest BCUT2D eigenvalue weighted by atomic mass is 32.2. The third kappa shape index (κ3) is 7.77. The average Bonchev–Trinajstić information content (AvgIpc) is 2.63. The van der Waals surface area contributed by atoms with E-state index in [0.717, 1.165) is 36.0 Å². The van der Waals surface area contributed by atoms with Crippen LogP contribution in [0, 0.1) is 6.92 Å². The van der Waals surface area contributed by atoms with Crippen LogP contribution in [-0.4, -0.2) is 55.2 Å². The highest BCUT2D eigenvalue weighted by molar-refractivity contribution is 7.88. The molecule has 0 amide bonds. The second-order valence-corrected chi connectivity index (χ2v) is 10.2. The Kier molecular flexibility index (Phi) is 7.99. The van der Waals surface area contributed by atoms with Gasteiger partial charge in [-0.25, -0.2) is 13.1 Å². The van der Waals surface area contributed by atoms with Crippen LogP contribution in [0.2, 0.25) is 0 Å². The van der Waals surface area contributed by atoms with Crippen molar-refractivity contribution in [1.82, 2.24) is 4.72 Å². The number of anilines is 1. The van der Waals surface area contributed by atoms with Gasteiger partial charge in [-0.1, -0.05) is 12.1 Å². The van der Waals surface area contributed by atoms with Gasteiger partial charge in [-0.3, -0.25) is 4.99 Å². The normalized spacial score (nSPS) is 12.3. The van der Waals surface area contributed by atoms with Crippen LogP contribution in [-0.2, 0) is 20.1 Å². The summed E-state index contributed by atoms with van der Waals surface area (Å²) < 4.78 is 52.8. The van der Waals surface area contributed by atoms with E-state index in [9.17, 15) is 16.8 Å². The number of nitrogens with one attached hydrogen (secondary N) is 1. The molecule has 0 saturated carbocycles. The molecule has 0 aromatic heterocycles. The van der Waals surface area contributed by atoms with Gasteiger partial charge in [0.1, 0.15) is 0 Å². The van der Waals surface area contributed by atoms with Gasteiger partial charge in [-0.2, -0.15) is 8.42 Å². The maximum absolute atomic E-state index is 11.4.